The minimum absolute atomic E-state index is 0.0463. The third-order valence-corrected chi connectivity index (χ3v) is 7.70. The molecule has 162 valence electrons. The van der Waals surface area contributed by atoms with E-state index in [-0.39, 0.29) is 17.9 Å². The van der Waals surface area contributed by atoms with E-state index in [1.807, 2.05) is 48.5 Å². The number of thiophene rings is 1. The molecule has 2 heterocycles. The van der Waals surface area contributed by atoms with Gasteiger partial charge in [-0.2, -0.15) is 0 Å². The van der Waals surface area contributed by atoms with Gasteiger partial charge in [-0.1, -0.05) is 36.4 Å². The molecule has 1 fully saturated rings. The van der Waals surface area contributed by atoms with Crippen LogP contribution < -0.4 is 15.4 Å². The largest absolute Gasteiger partial charge is 0.457 e. The van der Waals surface area contributed by atoms with Crippen LogP contribution in [0.25, 0.3) is 0 Å². The van der Waals surface area contributed by atoms with Crippen LogP contribution in [0.3, 0.4) is 0 Å². The highest BCUT2D eigenvalue weighted by atomic mass is 32.1. The van der Waals surface area contributed by atoms with Crippen LogP contribution >= 0.6 is 11.3 Å². The Kier molecular flexibility index (Phi) is 4.76. The summed E-state index contributed by atoms with van der Waals surface area (Å²) in [6.45, 7) is 0. The Labute approximate surface area is 190 Å². The molecule has 2 aliphatic carbocycles. The van der Waals surface area contributed by atoms with Crippen LogP contribution in [0.15, 0.2) is 48.5 Å². The van der Waals surface area contributed by atoms with Crippen LogP contribution in [0.1, 0.15) is 63.5 Å². The molecule has 1 aliphatic heterocycles. The van der Waals surface area contributed by atoms with Gasteiger partial charge < -0.3 is 15.4 Å². The van der Waals surface area contributed by atoms with Crippen molar-refractivity contribution in [3.05, 3.63) is 75.7 Å². The van der Waals surface area contributed by atoms with Crippen LogP contribution in [0.2, 0.25) is 0 Å². The molecule has 0 radical (unpaired) electrons. The second-order valence-electron chi connectivity index (χ2n) is 8.76. The number of carbonyl (C=O) groups excluding carboxylic acids is 2. The Morgan fingerprint density at radius 1 is 0.906 bits per heavy atom. The number of aryl methyl sites for hydroxylation is 1. The second-order valence-corrected chi connectivity index (χ2v) is 9.87. The van der Waals surface area contributed by atoms with Crippen molar-refractivity contribution >= 4 is 28.2 Å². The first kappa shape index (κ1) is 19.6. The summed E-state index contributed by atoms with van der Waals surface area (Å²) in [5.41, 5.74) is 3.49. The van der Waals surface area contributed by atoms with Crippen molar-refractivity contribution in [1.82, 2.24) is 5.32 Å². The zero-order valence-electron chi connectivity index (χ0n) is 17.6. The van der Waals surface area contributed by atoms with E-state index in [4.69, 9.17) is 4.74 Å². The lowest BCUT2D eigenvalue weighted by Crippen LogP contribution is -2.29. The molecule has 2 aromatic carbocycles. The molecule has 5 nitrogen and oxygen atoms in total. The number of anilines is 1. The third-order valence-electron chi connectivity index (χ3n) is 6.49. The molecule has 6 rings (SSSR count). The van der Waals surface area contributed by atoms with E-state index < -0.39 is 5.92 Å². The van der Waals surface area contributed by atoms with Crippen molar-refractivity contribution in [2.45, 2.75) is 50.5 Å². The van der Waals surface area contributed by atoms with Crippen molar-refractivity contribution in [2.75, 3.05) is 5.32 Å². The predicted octanol–water partition coefficient (Wildman–Crippen LogP) is 5.40. The van der Waals surface area contributed by atoms with Crippen LogP contribution in [0.5, 0.6) is 11.5 Å². The number of amides is 2. The van der Waals surface area contributed by atoms with Gasteiger partial charge in [0.1, 0.15) is 16.5 Å². The van der Waals surface area contributed by atoms with Gasteiger partial charge in [-0.15, -0.1) is 11.3 Å². The average molecular weight is 445 g/mol. The number of rotatable bonds is 4. The zero-order chi connectivity index (χ0) is 21.7. The first-order valence-electron chi connectivity index (χ1n) is 11.3. The molecule has 1 saturated carbocycles. The first-order chi connectivity index (χ1) is 15.7. The molecular weight excluding hydrogens is 420 g/mol. The molecule has 0 spiro atoms. The second kappa shape index (κ2) is 7.78. The number of ether oxygens (including phenoxy) is 1. The van der Waals surface area contributed by atoms with Gasteiger partial charge in [0, 0.05) is 22.0 Å². The molecule has 32 heavy (non-hydrogen) atoms. The molecule has 2 N–H and O–H groups in total. The average Bonchev–Trinajstić information content (AvgIpc) is 3.54. The van der Waals surface area contributed by atoms with Crippen LogP contribution in [-0.2, 0) is 17.6 Å². The summed E-state index contributed by atoms with van der Waals surface area (Å²) in [6, 6.07) is 15.6. The van der Waals surface area contributed by atoms with Crippen molar-refractivity contribution in [2.24, 2.45) is 0 Å². The van der Waals surface area contributed by atoms with Crippen LogP contribution in [0.4, 0.5) is 5.00 Å². The van der Waals surface area contributed by atoms with Gasteiger partial charge in [0.25, 0.3) is 5.91 Å². The highest BCUT2D eigenvalue weighted by Gasteiger charge is 2.35. The highest BCUT2D eigenvalue weighted by molar-refractivity contribution is 7.17. The van der Waals surface area contributed by atoms with Gasteiger partial charge in [-0.25, -0.2) is 0 Å². The number of carbonyl (C=O) groups is 2. The fourth-order valence-corrected chi connectivity index (χ4v) is 6.05. The maximum atomic E-state index is 13.7. The molecular formula is C26H24N2O3S. The lowest BCUT2D eigenvalue weighted by molar-refractivity contribution is -0.116. The van der Waals surface area contributed by atoms with Crippen molar-refractivity contribution in [3.63, 3.8) is 0 Å². The summed E-state index contributed by atoms with van der Waals surface area (Å²) in [6.07, 6.45) is 6.16. The quantitative estimate of drug-likeness (QED) is 0.567. The van der Waals surface area contributed by atoms with Gasteiger partial charge in [-0.3, -0.25) is 9.59 Å². The Morgan fingerprint density at radius 2 is 1.56 bits per heavy atom. The standard InChI is InChI=1S/C26H24N2O3S/c29-24(22-16-7-1-4-10-19(16)31-20-11-5-2-8-17(20)22)28-26-23(25(30)27-15-13-14-15)18-9-3-6-12-21(18)32-26/h1-2,4-5,7-8,10-11,15,22H,3,6,9,12-14H2,(H,27,30)(H,28,29). The molecule has 3 aromatic rings. The Bertz CT molecular complexity index is 1180. The Balaban J connectivity index is 1.38. The monoisotopic (exact) mass is 444 g/mol. The van der Waals surface area contributed by atoms with Crippen molar-refractivity contribution in [3.8, 4) is 11.5 Å². The Morgan fingerprint density at radius 3 is 2.25 bits per heavy atom. The maximum Gasteiger partial charge on any atom is 0.254 e. The number of para-hydroxylation sites is 2. The van der Waals surface area contributed by atoms with E-state index in [1.165, 1.54) is 4.88 Å². The first-order valence-corrected chi connectivity index (χ1v) is 12.1. The molecule has 6 heteroatoms. The predicted molar refractivity (Wildman–Crippen MR) is 125 cm³/mol. The van der Waals surface area contributed by atoms with Gasteiger partial charge in [0.05, 0.1) is 11.5 Å². The summed E-state index contributed by atoms with van der Waals surface area (Å²) in [4.78, 5) is 28.1. The van der Waals surface area contributed by atoms with E-state index in [0.29, 0.717) is 22.1 Å². The topological polar surface area (TPSA) is 67.4 Å². The Hall–Kier alpha value is -3.12. The van der Waals surface area contributed by atoms with E-state index in [1.54, 1.807) is 11.3 Å². The van der Waals surface area contributed by atoms with E-state index in [9.17, 15) is 9.59 Å². The number of hydrogen-bond donors (Lipinski definition) is 2. The SMILES string of the molecule is O=C(NC1CC1)c1c(NC(=O)C2c3ccccc3Oc3ccccc32)sc2c1CCCC2. The maximum absolute atomic E-state index is 13.7. The van der Waals surface area contributed by atoms with E-state index in [2.05, 4.69) is 10.6 Å². The number of hydrogen-bond acceptors (Lipinski definition) is 4. The summed E-state index contributed by atoms with van der Waals surface area (Å²) in [5.74, 6) is 0.726. The van der Waals surface area contributed by atoms with Gasteiger partial charge in [0.15, 0.2) is 0 Å². The fraction of sp³-hybridized carbons (Fsp3) is 0.308. The highest BCUT2D eigenvalue weighted by Crippen LogP contribution is 2.45. The molecule has 0 saturated heterocycles. The molecule has 1 aromatic heterocycles. The summed E-state index contributed by atoms with van der Waals surface area (Å²) < 4.78 is 6.05. The van der Waals surface area contributed by atoms with E-state index in [0.717, 1.165) is 55.2 Å². The van der Waals surface area contributed by atoms with Gasteiger partial charge >= 0.3 is 0 Å². The molecule has 0 unspecified atom stereocenters. The zero-order valence-corrected chi connectivity index (χ0v) is 18.5. The van der Waals surface area contributed by atoms with Gasteiger partial charge in [0.2, 0.25) is 5.91 Å². The van der Waals surface area contributed by atoms with Gasteiger partial charge in [-0.05, 0) is 56.2 Å². The van der Waals surface area contributed by atoms with Crippen LogP contribution in [-0.4, -0.2) is 17.9 Å². The fourth-order valence-electron chi connectivity index (χ4n) is 4.76. The minimum atomic E-state index is -0.491. The third kappa shape index (κ3) is 3.39. The normalized spacial score (nSPS) is 16.9. The smallest absolute Gasteiger partial charge is 0.254 e. The number of nitrogens with one attached hydrogen (secondary N) is 2. The van der Waals surface area contributed by atoms with E-state index >= 15 is 0 Å². The minimum Gasteiger partial charge on any atom is -0.457 e. The lowest BCUT2D eigenvalue weighted by Gasteiger charge is -2.27. The molecule has 2 amide bonds. The molecule has 3 aliphatic rings. The lowest BCUT2D eigenvalue weighted by atomic mass is 9.87. The summed E-state index contributed by atoms with van der Waals surface area (Å²) >= 11 is 1.57. The van der Waals surface area contributed by atoms with Crippen LogP contribution in [0, 0.1) is 0 Å². The van der Waals surface area contributed by atoms with Crippen molar-refractivity contribution in [1.29, 1.82) is 0 Å². The number of benzene rings is 2. The molecule has 0 bridgehead atoms. The molecule has 0 atom stereocenters. The van der Waals surface area contributed by atoms with Crippen molar-refractivity contribution < 1.29 is 14.3 Å². The summed E-state index contributed by atoms with van der Waals surface area (Å²) in [5, 5.41) is 6.97. The summed E-state index contributed by atoms with van der Waals surface area (Å²) in [7, 11) is 0. The number of fused-ring (bicyclic) bond motifs is 3.